The van der Waals surface area contributed by atoms with E-state index in [0.29, 0.717) is 0 Å². The fraction of sp³-hybridized carbons (Fsp3) is 0.333. The van der Waals surface area contributed by atoms with Gasteiger partial charge in [0.15, 0.2) is 0 Å². The molecule has 1 aromatic carbocycles. The van der Waals surface area contributed by atoms with Crippen molar-refractivity contribution in [2.45, 2.75) is 12.1 Å². The van der Waals surface area contributed by atoms with Crippen LogP contribution in [0, 0.1) is 5.92 Å². The first-order valence-electron chi connectivity index (χ1n) is 5.48. The van der Waals surface area contributed by atoms with Crippen LogP contribution in [0.5, 0.6) is 0 Å². The van der Waals surface area contributed by atoms with Crippen molar-refractivity contribution < 1.29 is 27.9 Å². The zero-order chi connectivity index (χ0) is 14.2. The topological polar surface area (TPSA) is 66.4 Å². The van der Waals surface area contributed by atoms with Crippen molar-refractivity contribution in [2.75, 3.05) is 6.54 Å². The molecule has 1 heterocycles. The zero-order valence-corrected chi connectivity index (χ0v) is 9.57. The van der Waals surface area contributed by atoms with E-state index in [0.717, 1.165) is 12.1 Å². The SMILES string of the molecule is O=C(O)C1C(=O)NCC1c1cccc(C(F)(F)F)c1. The number of aliphatic carboxylic acids is 1. The molecule has 1 amide bonds. The van der Waals surface area contributed by atoms with Gasteiger partial charge in [-0.05, 0) is 11.6 Å². The fourth-order valence-corrected chi connectivity index (χ4v) is 2.16. The standard InChI is InChI=1S/C12H10F3NO3/c13-12(14,15)7-3-1-2-6(4-7)8-5-16-10(17)9(8)11(18)19/h1-4,8-9H,5H2,(H,16,17)(H,18,19). The van der Waals surface area contributed by atoms with E-state index in [1.807, 2.05) is 0 Å². The normalized spacial score (nSPS) is 23.2. The van der Waals surface area contributed by atoms with Gasteiger partial charge in [0.25, 0.3) is 0 Å². The molecule has 19 heavy (non-hydrogen) atoms. The highest BCUT2D eigenvalue weighted by atomic mass is 19.4. The Morgan fingerprint density at radius 3 is 2.63 bits per heavy atom. The largest absolute Gasteiger partial charge is 0.481 e. The number of amides is 1. The van der Waals surface area contributed by atoms with E-state index in [1.54, 1.807) is 0 Å². The molecule has 0 radical (unpaired) electrons. The highest BCUT2D eigenvalue weighted by Gasteiger charge is 2.41. The van der Waals surface area contributed by atoms with E-state index in [2.05, 4.69) is 5.32 Å². The van der Waals surface area contributed by atoms with Crippen LogP contribution in [0.2, 0.25) is 0 Å². The van der Waals surface area contributed by atoms with Crippen LogP contribution in [0.1, 0.15) is 17.0 Å². The lowest BCUT2D eigenvalue weighted by atomic mass is 9.88. The molecule has 0 aromatic heterocycles. The van der Waals surface area contributed by atoms with Gasteiger partial charge in [0.05, 0.1) is 5.56 Å². The van der Waals surface area contributed by atoms with Crippen LogP contribution in [-0.4, -0.2) is 23.5 Å². The van der Waals surface area contributed by atoms with Crippen LogP contribution >= 0.6 is 0 Å². The molecule has 1 aromatic rings. The van der Waals surface area contributed by atoms with Crippen LogP contribution < -0.4 is 5.32 Å². The summed E-state index contributed by atoms with van der Waals surface area (Å²) >= 11 is 0. The summed E-state index contributed by atoms with van der Waals surface area (Å²) in [7, 11) is 0. The summed E-state index contributed by atoms with van der Waals surface area (Å²) in [6, 6.07) is 4.40. The number of benzene rings is 1. The van der Waals surface area contributed by atoms with Crippen LogP contribution in [0.3, 0.4) is 0 Å². The molecule has 1 aliphatic heterocycles. The van der Waals surface area contributed by atoms with E-state index in [-0.39, 0.29) is 12.1 Å². The van der Waals surface area contributed by atoms with Crippen molar-refractivity contribution in [3.63, 3.8) is 0 Å². The summed E-state index contributed by atoms with van der Waals surface area (Å²) in [6.07, 6.45) is -4.50. The Balaban J connectivity index is 2.37. The van der Waals surface area contributed by atoms with Gasteiger partial charge in [-0.2, -0.15) is 13.2 Å². The summed E-state index contributed by atoms with van der Waals surface area (Å²) in [5, 5.41) is 11.3. The van der Waals surface area contributed by atoms with Crippen molar-refractivity contribution >= 4 is 11.9 Å². The lowest BCUT2D eigenvalue weighted by molar-refractivity contribution is -0.145. The van der Waals surface area contributed by atoms with Gasteiger partial charge in [-0.3, -0.25) is 9.59 Å². The fourth-order valence-electron chi connectivity index (χ4n) is 2.16. The minimum absolute atomic E-state index is 0.0249. The maximum Gasteiger partial charge on any atom is 0.416 e. The Morgan fingerprint density at radius 2 is 2.05 bits per heavy atom. The summed E-state index contributed by atoms with van der Waals surface area (Å²) in [5.41, 5.74) is -0.658. The molecule has 7 heteroatoms. The maximum absolute atomic E-state index is 12.6. The second-order valence-electron chi connectivity index (χ2n) is 4.29. The van der Waals surface area contributed by atoms with Gasteiger partial charge in [-0.25, -0.2) is 0 Å². The number of alkyl halides is 3. The molecule has 102 valence electrons. The average molecular weight is 273 g/mol. The number of hydrogen-bond donors (Lipinski definition) is 2. The van der Waals surface area contributed by atoms with E-state index >= 15 is 0 Å². The smallest absolute Gasteiger partial charge is 0.416 e. The molecule has 2 N–H and O–H groups in total. The molecule has 0 saturated carbocycles. The molecular formula is C12H10F3NO3. The first kappa shape index (κ1) is 13.4. The number of halogens is 3. The minimum atomic E-state index is -4.50. The molecule has 2 rings (SSSR count). The van der Waals surface area contributed by atoms with Crippen molar-refractivity contribution in [1.82, 2.24) is 5.32 Å². The van der Waals surface area contributed by atoms with E-state index in [4.69, 9.17) is 5.11 Å². The van der Waals surface area contributed by atoms with Crippen LogP contribution in [0.25, 0.3) is 0 Å². The summed E-state index contributed by atoms with van der Waals surface area (Å²) in [4.78, 5) is 22.4. The maximum atomic E-state index is 12.6. The van der Waals surface area contributed by atoms with Crippen molar-refractivity contribution in [3.8, 4) is 0 Å². The van der Waals surface area contributed by atoms with Crippen LogP contribution in [0.15, 0.2) is 24.3 Å². The van der Waals surface area contributed by atoms with Gasteiger partial charge in [0, 0.05) is 12.5 Å². The zero-order valence-electron chi connectivity index (χ0n) is 9.57. The van der Waals surface area contributed by atoms with Gasteiger partial charge < -0.3 is 10.4 Å². The molecule has 4 nitrogen and oxygen atoms in total. The number of carboxylic acids is 1. The highest BCUT2D eigenvalue weighted by Crippen LogP contribution is 2.34. The molecular weight excluding hydrogens is 263 g/mol. The molecule has 1 fully saturated rings. The minimum Gasteiger partial charge on any atom is -0.481 e. The monoisotopic (exact) mass is 273 g/mol. The summed E-state index contributed by atoms with van der Waals surface area (Å²) in [6.45, 7) is 0.0249. The predicted molar refractivity (Wildman–Crippen MR) is 58.3 cm³/mol. The summed E-state index contributed by atoms with van der Waals surface area (Å²) in [5.74, 6) is -4.14. The van der Waals surface area contributed by atoms with Gasteiger partial charge in [0.2, 0.25) is 5.91 Å². The van der Waals surface area contributed by atoms with E-state index in [1.165, 1.54) is 12.1 Å². The Morgan fingerprint density at radius 1 is 1.37 bits per heavy atom. The Labute approximate surface area is 106 Å². The first-order valence-corrected chi connectivity index (χ1v) is 5.48. The third-order valence-electron chi connectivity index (χ3n) is 3.09. The molecule has 2 atom stereocenters. The lowest BCUT2D eigenvalue weighted by Crippen LogP contribution is -2.26. The van der Waals surface area contributed by atoms with Crippen molar-refractivity contribution in [3.05, 3.63) is 35.4 Å². The third kappa shape index (κ3) is 2.54. The molecule has 0 spiro atoms. The van der Waals surface area contributed by atoms with Gasteiger partial charge in [0.1, 0.15) is 5.92 Å². The Bertz CT molecular complexity index is 527. The quantitative estimate of drug-likeness (QED) is 0.805. The number of carboxylic acid groups (broad SMARTS) is 1. The first-order chi connectivity index (χ1) is 8.80. The number of rotatable bonds is 2. The number of nitrogens with one attached hydrogen (secondary N) is 1. The molecule has 0 aliphatic carbocycles. The third-order valence-corrected chi connectivity index (χ3v) is 3.09. The van der Waals surface area contributed by atoms with E-state index < -0.39 is 35.5 Å². The van der Waals surface area contributed by atoms with Gasteiger partial charge >= 0.3 is 12.1 Å². The highest BCUT2D eigenvalue weighted by molar-refractivity contribution is 5.99. The number of carbonyl (C=O) groups is 2. The molecule has 1 aliphatic rings. The number of carbonyl (C=O) groups excluding carboxylic acids is 1. The second-order valence-corrected chi connectivity index (χ2v) is 4.29. The van der Waals surface area contributed by atoms with Gasteiger partial charge in [-0.15, -0.1) is 0 Å². The Kier molecular flexibility index (Phi) is 3.21. The van der Waals surface area contributed by atoms with E-state index in [9.17, 15) is 22.8 Å². The molecule has 0 bridgehead atoms. The van der Waals surface area contributed by atoms with Crippen molar-refractivity contribution in [2.24, 2.45) is 5.92 Å². The molecule has 2 unspecified atom stereocenters. The number of hydrogen-bond acceptors (Lipinski definition) is 2. The Hall–Kier alpha value is -2.05. The summed E-state index contributed by atoms with van der Waals surface area (Å²) < 4.78 is 37.8. The lowest BCUT2D eigenvalue weighted by Gasteiger charge is -2.15. The molecule has 1 saturated heterocycles. The predicted octanol–water partition coefficient (Wildman–Crippen LogP) is 1.62. The van der Waals surface area contributed by atoms with Crippen LogP contribution in [-0.2, 0) is 15.8 Å². The second kappa shape index (κ2) is 4.56. The van der Waals surface area contributed by atoms with Crippen LogP contribution in [0.4, 0.5) is 13.2 Å². The average Bonchev–Trinajstić information content (AvgIpc) is 2.70. The van der Waals surface area contributed by atoms with Crippen molar-refractivity contribution in [1.29, 1.82) is 0 Å². The van der Waals surface area contributed by atoms with Gasteiger partial charge in [-0.1, -0.05) is 18.2 Å².